The Morgan fingerprint density at radius 2 is 1.70 bits per heavy atom. The molecule has 0 amide bonds. The van der Waals surface area contributed by atoms with Gasteiger partial charge in [-0.25, -0.2) is 0 Å². The van der Waals surface area contributed by atoms with Gasteiger partial charge in [-0.2, -0.15) is 0 Å². The van der Waals surface area contributed by atoms with E-state index in [1.807, 2.05) is 0 Å². The Kier molecular flexibility index (Phi) is 5.13. The van der Waals surface area contributed by atoms with Crippen LogP contribution in [0.15, 0.2) is 24.3 Å². The van der Waals surface area contributed by atoms with Crippen LogP contribution in [-0.2, 0) is 6.42 Å². The zero-order valence-electron chi connectivity index (χ0n) is 15.5. The number of likely N-dealkylation sites (tertiary alicyclic amines) is 2. The molecule has 2 aliphatic rings. The van der Waals surface area contributed by atoms with Crippen LogP contribution in [0.1, 0.15) is 63.6 Å². The second-order valence-corrected chi connectivity index (χ2v) is 8.67. The highest BCUT2D eigenvalue weighted by Crippen LogP contribution is 2.39. The number of nitrogens with zero attached hydrogens (tertiary/aromatic N) is 2. The van der Waals surface area contributed by atoms with Crippen molar-refractivity contribution in [3.63, 3.8) is 0 Å². The Hall–Kier alpha value is -0.860. The minimum atomic E-state index is 0.266. The second-order valence-electron chi connectivity index (χ2n) is 8.67. The molecule has 0 spiro atoms. The zero-order chi connectivity index (χ0) is 16.4. The lowest BCUT2D eigenvalue weighted by Gasteiger charge is -2.38. The number of benzene rings is 1. The molecule has 0 saturated carbocycles. The van der Waals surface area contributed by atoms with E-state index in [1.54, 1.807) is 11.1 Å². The Morgan fingerprint density at radius 3 is 2.39 bits per heavy atom. The fourth-order valence-corrected chi connectivity index (χ4v) is 4.52. The first-order chi connectivity index (χ1) is 10.9. The van der Waals surface area contributed by atoms with Gasteiger partial charge in [0.25, 0.3) is 0 Å². The summed E-state index contributed by atoms with van der Waals surface area (Å²) in [4.78, 5) is 5.20. The van der Waals surface area contributed by atoms with Gasteiger partial charge in [-0.1, -0.05) is 24.3 Å². The molecule has 0 N–H and O–H groups in total. The number of hydrogen-bond acceptors (Lipinski definition) is 2. The zero-order valence-corrected chi connectivity index (χ0v) is 15.5. The van der Waals surface area contributed by atoms with Crippen molar-refractivity contribution in [1.29, 1.82) is 0 Å². The molecule has 2 saturated heterocycles. The molecule has 0 unspecified atom stereocenters. The van der Waals surface area contributed by atoms with Crippen LogP contribution in [0.4, 0.5) is 0 Å². The minimum absolute atomic E-state index is 0.266. The highest BCUT2D eigenvalue weighted by molar-refractivity contribution is 5.31. The number of hydrogen-bond donors (Lipinski definition) is 0. The van der Waals surface area contributed by atoms with E-state index in [4.69, 9.17) is 0 Å². The normalized spacial score (nSPS) is 25.1. The lowest BCUT2D eigenvalue weighted by molar-refractivity contribution is 0.121. The van der Waals surface area contributed by atoms with Crippen LogP contribution >= 0.6 is 0 Å². The van der Waals surface area contributed by atoms with E-state index >= 15 is 0 Å². The standard InChI is InChI=1S/C21H34N2/c1-21(2,3)23-13-7-10-20(23)19-9-6-5-8-18(19)16-17-11-14-22(4)15-12-17/h5-6,8-9,17,20H,7,10-16H2,1-4H3/t20-/m1/s1. The number of rotatable bonds is 3. The summed E-state index contributed by atoms with van der Waals surface area (Å²) in [6.07, 6.45) is 6.65. The quantitative estimate of drug-likeness (QED) is 0.810. The van der Waals surface area contributed by atoms with E-state index in [-0.39, 0.29) is 5.54 Å². The largest absolute Gasteiger partial charge is 0.306 e. The molecule has 0 aliphatic carbocycles. The monoisotopic (exact) mass is 314 g/mol. The molecule has 0 aromatic heterocycles. The summed E-state index contributed by atoms with van der Waals surface area (Å²) in [7, 11) is 2.25. The summed E-state index contributed by atoms with van der Waals surface area (Å²) in [6, 6.07) is 9.90. The summed E-state index contributed by atoms with van der Waals surface area (Å²) in [5.41, 5.74) is 3.49. The predicted molar refractivity (Wildman–Crippen MR) is 98.8 cm³/mol. The summed E-state index contributed by atoms with van der Waals surface area (Å²) >= 11 is 0. The summed E-state index contributed by atoms with van der Waals surface area (Å²) in [5, 5.41) is 0. The van der Waals surface area contributed by atoms with Gasteiger partial charge in [0.1, 0.15) is 0 Å². The van der Waals surface area contributed by atoms with Crippen LogP contribution in [-0.4, -0.2) is 42.0 Å². The molecule has 1 aromatic carbocycles. The maximum atomic E-state index is 2.72. The molecule has 128 valence electrons. The van der Waals surface area contributed by atoms with E-state index in [9.17, 15) is 0 Å². The van der Waals surface area contributed by atoms with Crippen LogP contribution in [0.2, 0.25) is 0 Å². The van der Waals surface area contributed by atoms with Crippen molar-refractivity contribution in [2.75, 3.05) is 26.7 Å². The van der Waals surface area contributed by atoms with Crippen LogP contribution in [0, 0.1) is 5.92 Å². The molecule has 3 rings (SSSR count). The lowest BCUT2D eigenvalue weighted by Crippen LogP contribution is -2.41. The van der Waals surface area contributed by atoms with E-state index < -0.39 is 0 Å². The van der Waals surface area contributed by atoms with Crippen LogP contribution in [0.3, 0.4) is 0 Å². The number of piperidine rings is 1. The summed E-state index contributed by atoms with van der Waals surface area (Å²) < 4.78 is 0. The Bertz CT molecular complexity index is 509. The summed E-state index contributed by atoms with van der Waals surface area (Å²) in [5.74, 6) is 0.872. The molecule has 23 heavy (non-hydrogen) atoms. The Morgan fingerprint density at radius 1 is 1.00 bits per heavy atom. The third kappa shape index (κ3) is 3.97. The smallest absolute Gasteiger partial charge is 0.0356 e. The molecule has 2 heteroatoms. The van der Waals surface area contributed by atoms with Crippen molar-refractivity contribution < 1.29 is 0 Å². The average Bonchev–Trinajstić information content (AvgIpc) is 3.00. The maximum Gasteiger partial charge on any atom is 0.0356 e. The molecule has 1 aromatic rings. The fourth-order valence-electron chi connectivity index (χ4n) is 4.52. The van der Waals surface area contributed by atoms with Crippen molar-refractivity contribution in [2.24, 2.45) is 5.92 Å². The van der Waals surface area contributed by atoms with E-state index in [0.717, 1.165) is 5.92 Å². The third-order valence-electron chi connectivity index (χ3n) is 5.88. The van der Waals surface area contributed by atoms with Gasteiger partial charge in [0.05, 0.1) is 0 Å². The molecule has 2 fully saturated rings. The molecule has 2 aliphatic heterocycles. The fraction of sp³-hybridized carbons (Fsp3) is 0.714. The SMILES string of the molecule is CN1CCC(Cc2ccccc2[C@H]2CCCN2C(C)(C)C)CC1. The van der Waals surface area contributed by atoms with E-state index in [2.05, 4.69) is 61.9 Å². The highest BCUT2D eigenvalue weighted by atomic mass is 15.2. The van der Waals surface area contributed by atoms with Gasteiger partial charge in [-0.05, 0) is 96.6 Å². The van der Waals surface area contributed by atoms with Gasteiger partial charge in [0, 0.05) is 11.6 Å². The molecule has 2 nitrogen and oxygen atoms in total. The van der Waals surface area contributed by atoms with Crippen LogP contribution in [0.25, 0.3) is 0 Å². The minimum Gasteiger partial charge on any atom is -0.306 e. The van der Waals surface area contributed by atoms with Gasteiger partial charge in [0.15, 0.2) is 0 Å². The van der Waals surface area contributed by atoms with Gasteiger partial charge >= 0.3 is 0 Å². The first-order valence-corrected chi connectivity index (χ1v) is 9.48. The van der Waals surface area contributed by atoms with Gasteiger partial charge in [-0.15, -0.1) is 0 Å². The molecule has 1 atom stereocenters. The lowest BCUT2D eigenvalue weighted by atomic mass is 9.86. The molecule has 0 bridgehead atoms. The van der Waals surface area contributed by atoms with Gasteiger partial charge < -0.3 is 4.90 Å². The molecular weight excluding hydrogens is 280 g/mol. The topological polar surface area (TPSA) is 6.48 Å². The molecular formula is C21H34N2. The van der Waals surface area contributed by atoms with Gasteiger partial charge in [0.2, 0.25) is 0 Å². The maximum absolute atomic E-state index is 2.72. The predicted octanol–water partition coefficient (Wildman–Crippen LogP) is 4.51. The van der Waals surface area contributed by atoms with Crippen molar-refractivity contribution in [3.05, 3.63) is 35.4 Å². The first-order valence-electron chi connectivity index (χ1n) is 9.48. The van der Waals surface area contributed by atoms with E-state index in [0.29, 0.717) is 6.04 Å². The molecule has 2 heterocycles. The van der Waals surface area contributed by atoms with Crippen molar-refractivity contribution >= 4 is 0 Å². The van der Waals surface area contributed by atoms with Crippen molar-refractivity contribution in [2.45, 2.75) is 64.5 Å². The second kappa shape index (κ2) is 6.94. The van der Waals surface area contributed by atoms with Crippen molar-refractivity contribution in [3.8, 4) is 0 Å². The van der Waals surface area contributed by atoms with E-state index in [1.165, 1.54) is 51.7 Å². The van der Waals surface area contributed by atoms with Crippen LogP contribution in [0.5, 0.6) is 0 Å². The molecule has 0 radical (unpaired) electrons. The third-order valence-corrected chi connectivity index (χ3v) is 5.88. The average molecular weight is 315 g/mol. The highest BCUT2D eigenvalue weighted by Gasteiger charge is 2.34. The van der Waals surface area contributed by atoms with Gasteiger partial charge in [-0.3, -0.25) is 4.90 Å². The Balaban J connectivity index is 1.78. The van der Waals surface area contributed by atoms with Crippen LogP contribution < -0.4 is 0 Å². The first kappa shape index (κ1) is 17.0. The Labute approximate surface area is 142 Å². The summed E-state index contributed by atoms with van der Waals surface area (Å²) in [6.45, 7) is 10.9. The van der Waals surface area contributed by atoms with Crippen molar-refractivity contribution in [1.82, 2.24) is 9.80 Å².